The molecule has 0 bridgehead atoms. The minimum atomic E-state index is -0.223. The van der Waals surface area contributed by atoms with Crippen LogP contribution in [0.5, 0.6) is 0 Å². The predicted molar refractivity (Wildman–Crippen MR) is 116 cm³/mol. The zero-order valence-corrected chi connectivity index (χ0v) is 17.6. The third-order valence-corrected chi connectivity index (χ3v) is 5.02. The smallest absolute Gasteiger partial charge is 0.336 e. The lowest BCUT2D eigenvalue weighted by Gasteiger charge is -2.32. The molecule has 0 spiro atoms. The fourth-order valence-corrected chi connectivity index (χ4v) is 3.45. The molecule has 0 saturated heterocycles. The summed E-state index contributed by atoms with van der Waals surface area (Å²) in [6.45, 7) is 6.11. The predicted octanol–water partition coefficient (Wildman–Crippen LogP) is 4.94. The third kappa shape index (κ3) is 4.77. The SMILES string of the molecule is CCCCNC(=O)N1N=C(c2ccc(NC(C)=O)cc2)c2cc(Cl)ccc2C1C. The first-order chi connectivity index (χ1) is 13.9. The number of hydrazone groups is 1. The molecule has 152 valence electrons. The third-order valence-electron chi connectivity index (χ3n) is 4.79. The molecule has 1 aliphatic rings. The van der Waals surface area contributed by atoms with Gasteiger partial charge in [-0.25, -0.2) is 9.80 Å². The average Bonchev–Trinajstić information content (AvgIpc) is 2.68. The molecule has 0 radical (unpaired) electrons. The van der Waals surface area contributed by atoms with Crippen LogP contribution < -0.4 is 10.6 Å². The van der Waals surface area contributed by atoms with E-state index in [1.807, 2.05) is 49.4 Å². The molecule has 0 aromatic heterocycles. The first-order valence-electron chi connectivity index (χ1n) is 9.74. The monoisotopic (exact) mass is 412 g/mol. The highest BCUT2D eigenvalue weighted by molar-refractivity contribution is 6.31. The summed E-state index contributed by atoms with van der Waals surface area (Å²) < 4.78 is 0. The molecular formula is C22H25ClN4O2. The summed E-state index contributed by atoms with van der Waals surface area (Å²) >= 11 is 6.25. The summed E-state index contributed by atoms with van der Waals surface area (Å²) in [4.78, 5) is 24.0. The Morgan fingerprint density at radius 1 is 1.17 bits per heavy atom. The van der Waals surface area contributed by atoms with Crippen LogP contribution in [0.3, 0.4) is 0 Å². The van der Waals surface area contributed by atoms with Crippen LogP contribution in [0, 0.1) is 0 Å². The Morgan fingerprint density at radius 3 is 2.55 bits per heavy atom. The molecule has 0 fully saturated rings. The topological polar surface area (TPSA) is 73.8 Å². The van der Waals surface area contributed by atoms with Gasteiger partial charge in [-0.15, -0.1) is 0 Å². The number of benzene rings is 2. The molecule has 2 N–H and O–H groups in total. The Kier molecular flexibility index (Phi) is 6.54. The number of hydrogen-bond acceptors (Lipinski definition) is 3. The Hall–Kier alpha value is -2.86. The number of halogens is 1. The van der Waals surface area contributed by atoms with E-state index in [2.05, 4.69) is 22.7 Å². The van der Waals surface area contributed by atoms with Crippen molar-refractivity contribution in [2.45, 2.75) is 39.7 Å². The number of anilines is 1. The second kappa shape index (κ2) is 9.09. The van der Waals surface area contributed by atoms with Gasteiger partial charge in [0.15, 0.2) is 0 Å². The van der Waals surface area contributed by atoms with Crippen molar-refractivity contribution < 1.29 is 9.59 Å². The number of carbonyl (C=O) groups excluding carboxylic acids is 2. The number of nitrogens with one attached hydrogen (secondary N) is 2. The summed E-state index contributed by atoms with van der Waals surface area (Å²) in [6.07, 6.45) is 1.92. The molecule has 1 aliphatic heterocycles. The van der Waals surface area contributed by atoms with Crippen LogP contribution in [0.4, 0.5) is 10.5 Å². The van der Waals surface area contributed by atoms with Crippen LogP contribution in [0.2, 0.25) is 5.02 Å². The highest BCUT2D eigenvalue weighted by atomic mass is 35.5. The van der Waals surface area contributed by atoms with Crippen molar-refractivity contribution in [3.05, 3.63) is 64.2 Å². The van der Waals surface area contributed by atoms with Crippen LogP contribution in [0.15, 0.2) is 47.6 Å². The second-order valence-electron chi connectivity index (χ2n) is 7.04. The van der Waals surface area contributed by atoms with E-state index in [0.29, 0.717) is 23.0 Å². The quantitative estimate of drug-likeness (QED) is 0.683. The van der Waals surface area contributed by atoms with Gasteiger partial charge in [-0.3, -0.25) is 4.79 Å². The van der Waals surface area contributed by atoms with Crippen molar-refractivity contribution >= 4 is 34.9 Å². The lowest BCUT2D eigenvalue weighted by atomic mass is 9.92. The number of carbonyl (C=O) groups is 2. The average molecular weight is 413 g/mol. The van der Waals surface area contributed by atoms with Crippen LogP contribution in [-0.2, 0) is 4.79 Å². The van der Waals surface area contributed by atoms with Crippen molar-refractivity contribution in [2.75, 3.05) is 11.9 Å². The number of urea groups is 1. The Bertz CT molecular complexity index is 940. The molecule has 3 rings (SSSR count). The van der Waals surface area contributed by atoms with Crippen molar-refractivity contribution in [3.63, 3.8) is 0 Å². The maximum Gasteiger partial charge on any atom is 0.338 e. The van der Waals surface area contributed by atoms with E-state index in [4.69, 9.17) is 11.6 Å². The Morgan fingerprint density at radius 2 is 1.90 bits per heavy atom. The van der Waals surface area contributed by atoms with Gasteiger partial charge in [0.1, 0.15) is 0 Å². The van der Waals surface area contributed by atoms with Gasteiger partial charge < -0.3 is 10.6 Å². The number of fused-ring (bicyclic) bond motifs is 1. The molecular weight excluding hydrogens is 388 g/mol. The number of hydrogen-bond donors (Lipinski definition) is 2. The zero-order chi connectivity index (χ0) is 21.0. The van der Waals surface area contributed by atoms with Crippen molar-refractivity contribution in [3.8, 4) is 0 Å². The van der Waals surface area contributed by atoms with E-state index >= 15 is 0 Å². The summed E-state index contributed by atoms with van der Waals surface area (Å²) in [7, 11) is 0. The van der Waals surface area contributed by atoms with Gasteiger partial charge in [0.2, 0.25) is 5.91 Å². The summed E-state index contributed by atoms with van der Waals surface area (Å²) in [6, 6.07) is 12.6. The lowest BCUT2D eigenvalue weighted by molar-refractivity contribution is -0.114. The second-order valence-corrected chi connectivity index (χ2v) is 7.48. The normalized spacial score (nSPS) is 15.4. The molecule has 0 aliphatic carbocycles. The molecule has 2 aromatic rings. The van der Waals surface area contributed by atoms with Crippen molar-refractivity contribution in [1.82, 2.24) is 10.3 Å². The molecule has 3 amide bonds. The fourth-order valence-electron chi connectivity index (χ4n) is 3.28. The Labute approximate surface area is 175 Å². The van der Waals surface area contributed by atoms with Gasteiger partial charge in [-0.05, 0) is 43.2 Å². The van der Waals surface area contributed by atoms with Gasteiger partial charge in [-0.1, -0.05) is 43.1 Å². The van der Waals surface area contributed by atoms with Crippen LogP contribution in [-0.4, -0.2) is 29.2 Å². The molecule has 6 nitrogen and oxygen atoms in total. The lowest BCUT2D eigenvalue weighted by Crippen LogP contribution is -2.41. The van der Waals surface area contributed by atoms with Crippen molar-refractivity contribution in [1.29, 1.82) is 0 Å². The van der Waals surface area contributed by atoms with Crippen LogP contribution in [0.25, 0.3) is 0 Å². The van der Waals surface area contributed by atoms with Gasteiger partial charge in [-0.2, -0.15) is 5.10 Å². The first kappa shape index (κ1) is 20.9. The number of rotatable bonds is 5. The number of unbranched alkanes of at least 4 members (excludes halogenated alkanes) is 1. The minimum absolute atomic E-state index is 0.131. The highest BCUT2D eigenvalue weighted by Gasteiger charge is 2.30. The van der Waals surface area contributed by atoms with Gasteiger partial charge in [0, 0.05) is 35.3 Å². The van der Waals surface area contributed by atoms with Gasteiger partial charge in [0.05, 0.1) is 11.8 Å². The van der Waals surface area contributed by atoms with Crippen LogP contribution in [0.1, 0.15) is 56.3 Å². The highest BCUT2D eigenvalue weighted by Crippen LogP contribution is 2.33. The van der Waals surface area contributed by atoms with E-state index in [0.717, 1.165) is 29.5 Å². The van der Waals surface area contributed by atoms with Gasteiger partial charge >= 0.3 is 6.03 Å². The van der Waals surface area contributed by atoms with Gasteiger partial charge in [0.25, 0.3) is 0 Å². The molecule has 7 heteroatoms. The minimum Gasteiger partial charge on any atom is -0.336 e. The molecule has 1 atom stereocenters. The van der Waals surface area contributed by atoms with E-state index in [1.54, 1.807) is 0 Å². The molecule has 1 unspecified atom stereocenters. The fraction of sp³-hybridized carbons (Fsp3) is 0.318. The van der Waals surface area contributed by atoms with Crippen molar-refractivity contribution in [2.24, 2.45) is 5.10 Å². The first-order valence-corrected chi connectivity index (χ1v) is 10.1. The number of amides is 3. The molecule has 2 aromatic carbocycles. The van der Waals surface area contributed by atoms with E-state index in [-0.39, 0.29) is 18.0 Å². The van der Waals surface area contributed by atoms with E-state index in [1.165, 1.54) is 11.9 Å². The molecule has 29 heavy (non-hydrogen) atoms. The zero-order valence-electron chi connectivity index (χ0n) is 16.8. The standard InChI is InChI=1S/C22H25ClN4O2/c1-4-5-12-24-22(29)27-14(2)19-11-8-17(23)13-20(19)21(26-27)16-6-9-18(10-7-16)25-15(3)28/h6-11,13-14H,4-5,12H2,1-3H3,(H,24,29)(H,25,28). The summed E-state index contributed by atoms with van der Waals surface area (Å²) in [5.74, 6) is -0.131. The maximum absolute atomic E-state index is 12.7. The maximum atomic E-state index is 12.7. The summed E-state index contributed by atoms with van der Waals surface area (Å²) in [5, 5.41) is 12.5. The largest absolute Gasteiger partial charge is 0.338 e. The molecule has 1 heterocycles. The Balaban J connectivity index is 1.99. The number of nitrogens with zero attached hydrogens (tertiary/aromatic N) is 2. The molecule has 0 saturated carbocycles. The van der Waals surface area contributed by atoms with Crippen LogP contribution >= 0.6 is 11.6 Å². The summed E-state index contributed by atoms with van der Waals surface area (Å²) in [5.41, 5.74) is 4.08. The van der Waals surface area contributed by atoms with E-state index < -0.39 is 0 Å². The van der Waals surface area contributed by atoms with E-state index in [9.17, 15) is 9.59 Å².